The molecule has 0 spiro atoms. The van der Waals surface area contributed by atoms with E-state index in [1.54, 1.807) is 42.2 Å². The van der Waals surface area contributed by atoms with Gasteiger partial charge in [-0.3, -0.25) is 8.86 Å². The molecule has 0 unspecified atom stereocenters. The number of hydrogen-bond donors (Lipinski definition) is 0. The molecule has 11 heteroatoms. The first-order chi connectivity index (χ1) is 17.7. The number of aromatic nitrogens is 2. The van der Waals surface area contributed by atoms with E-state index in [9.17, 15) is 17.6 Å². The number of esters is 1. The van der Waals surface area contributed by atoms with Crippen LogP contribution in [0.5, 0.6) is 17.2 Å². The Kier molecular flexibility index (Phi) is 7.74. The number of aryl methyl sites for hydroxylation is 2. The molecular formula is C26H25FN2O7S. The number of fused-ring (bicyclic) bond motifs is 1. The third-order valence-corrected chi connectivity index (χ3v) is 6.81. The van der Waals surface area contributed by atoms with Gasteiger partial charge in [-0.05, 0) is 37.3 Å². The number of carbonyl (C=O) groups excluding carboxylic acids is 1. The second-order valence-corrected chi connectivity index (χ2v) is 9.77. The van der Waals surface area contributed by atoms with Gasteiger partial charge in [-0.15, -0.1) is 0 Å². The zero-order valence-electron chi connectivity index (χ0n) is 20.4. The zero-order valence-corrected chi connectivity index (χ0v) is 21.2. The van der Waals surface area contributed by atoms with Gasteiger partial charge in [-0.1, -0.05) is 17.7 Å². The van der Waals surface area contributed by atoms with Gasteiger partial charge >= 0.3 is 5.97 Å². The van der Waals surface area contributed by atoms with Crippen LogP contribution in [0.1, 0.15) is 22.3 Å². The van der Waals surface area contributed by atoms with Crippen LogP contribution >= 0.6 is 0 Å². The fraction of sp³-hybridized carbons (Fsp3) is 0.231. The summed E-state index contributed by atoms with van der Waals surface area (Å²) < 4.78 is 61.9. The number of ether oxygens (including phenoxy) is 3. The maximum absolute atomic E-state index is 14.8. The van der Waals surface area contributed by atoms with Crippen molar-refractivity contribution >= 4 is 27.0 Å². The highest BCUT2D eigenvalue weighted by molar-refractivity contribution is 7.86. The van der Waals surface area contributed by atoms with Gasteiger partial charge < -0.3 is 14.2 Å². The number of rotatable bonds is 10. The van der Waals surface area contributed by atoms with E-state index in [1.807, 2.05) is 6.92 Å². The summed E-state index contributed by atoms with van der Waals surface area (Å²) in [6, 6.07) is 13.5. The normalized spacial score (nSPS) is 11.5. The van der Waals surface area contributed by atoms with Crippen LogP contribution < -0.4 is 9.47 Å². The Morgan fingerprint density at radius 3 is 2.49 bits per heavy atom. The van der Waals surface area contributed by atoms with Crippen molar-refractivity contribution in [2.24, 2.45) is 7.05 Å². The molecule has 0 fully saturated rings. The number of carbonyl (C=O) groups is 1. The Morgan fingerprint density at radius 2 is 1.78 bits per heavy atom. The van der Waals surface area contributed by atoms with Crippen LogP contribution in [-0.2, 0) is 26.1 Å². The maximum Gasteiger partial charge on any atom is 0.341 e. The predicted octanol–water partition coefficient (Wildman–Crippen LogP) is 4.77. The summed E-state index contributed by atoms with van der Waals surface area (Å²) in [5.74, 6) is -1.13. The Labute approximate surface area is 213 Å². The summed E-state index contributed by atoms with van der Waals surface area (Å²) in [6.45, 7) is 1.87. The van der Waals surface area contributed by atoms with Gasteiger partial charge in [0, 0.05) is 31.0 Å². The number of benzene rings is 3. The molecular weight excluding hydrogens is 503 g/mol. The van der Waals surface area contributed by atoms with Crippen molar-refractivity contribution in [3.05, 3.63) is 77.7 Å². The second-order valence-electron chi connectivity index (χ2n) is 8.15. The van der Waals surface area contributed by atoms with Crippen molar-refractivity contribution in [3.8, 4) is 17.2 Å². The number of nitrogens with zero attached hydrogens (tertiary/aromatic N) is 2. The zero-order chi connectivity index (χ0) is 26.6. The highest BCUT2D eigenvalue weighted by atomic mass is 32.2. The van der Waals surface area contributed by atoms with E-state index in [2.05, 4.69) is 5.10 Å². The summed E-state index contributed by atoms with van der Waals surface area (Å²) in [5.41, 5.74) is 1.76. The molecule has 0 bridgehead atoms. The molecule has 4 rings (SSSR count). The topological polar surface area (TPSA) is 106 Å². The van der Waals surface area contributed by atoms with E-state index in [-0.39, 0.29) is 47.3 Å². The highest BCUT2D eigenvalue weighted by Crippen LogP contribution is 2.33. The van der Waals surface area contributed by atoms with Gasteiger partial charge in [0.2, 0.25) is 0 Å². The minimum atomic E-state index is -3.86. The van der Waals surface area contributed by atoms with Crippen LogP contribution in [0.4, 0.5) is 4.39 Å². The van der Waals surface area contributed by atoms with Gasteiger partial charge in [-0.2, -0.15) is 13.5 Å². The van der Waals surface area contributed by atoms with Crippen LogP contribution in [0.3, 0.4) is 0 Å². The fourth-order valence-electron chi connectivity index (χ4n) is 3.50. The average Bonchev–Trinajstić information content (AvgIpc) is 3.24. The molecule has 37 heavy (non-hydrogen) atoms. The third kappa shape index (κ3) is 6.07. The molecule has 194 valence electrons. The first-order valence-electron chi connectivity index (χ1n) is 11.3. The molecule has 0 amide bonds. The van der Waals surface area contributed by atoms with Crippen molar-refractivity contribution < 1.29 is 36.0 Å². The molecule has 0 aliphatic rings. The van der Waals surface area contributed by atoms with Crippen molar-refractivity contribution in [3.63, 3.8) is 0 Å². The molecule has 0 saturated carbocycles. The van der Waals surface area contributed by atoms with Crippen molar-refractivity contribution in [1.29, 1.82) is 0 Å². The lowest BCUT2D eigenvalue weighted by molar-refractivity contribution is 0.0598. The van der Waals surface area contributed by atoms with E-state index in [1.165, 1.54) is 31.4 Å². The molecule has 0 N–H and O–H groups in total. The summed E-state index contributed by atoms with van der Waals surface area (Å²) in [7, 11) is -0.878. The minimum absolute atomic E-state index is 0.0783. The van der Waals surface area contributed by atoms with Crippen molar-refractivity contribution in [1.82, 2.24) is 9.78 Å². The van der Waals surface area contributed by atoms with Crippen LogP contribution in [0.25, 0.3) is 10.9 Å². The lowest BCUT2D eigenvalue weighted by atomic mass is 10.1. The average molecular weight is 529 g/mol. The number of methoxy groups -OCH3 is 1. The van der Waals surface area contributed by atoms with Crippen molar-refractivity contribution in [2.45, 2.75) is 18.2 Å². The largest absolute Gasteiger partial charge is 0.493 e. The van der Waals surface area contributed by atoms with Gasteiger partial charge in [0.25, 0.3) is 10.1 Å². The minimum Gasteiger partial charge on any atom is -0.493 e. The van der Waals surface area contributed by atoms with E-state index in [0.717, 1.165) is 11.6 Å². The van der Waals surface area contributed by atoms with E-state index < -0.39 is 21.9 Å². The lowest BCUT2D eigenvalue weighted by Gasteiger charge is -2.13. The standard InChI is InChI=1S/C26H25FN2O7S/c1-17-5-8-20(9-6-17)37(31,32)35-12-4-11-34-19-7-10-24(22(27)14-19)36-25-15-23-18(16-28-29(23)2)13-21(25)26(30)33-3/h5-10,13-16H,4,11-12H2,1-3H3. The molecule has 9 nitrogen and oxygen atoms in total. The Bertz CT molecular complexity index is 1530. The highest BCUT2D eigenvalue weighted by Gasteiger charge is 2.19. The smallest absolute Gasteiger partial charge is 0.341 e. The molecule has 4 aromatic rings. The van der Waals surface area contributed by atoms with E-state index in [4.69, 9.17) is 18.4 Å². The van der Waals surface area contributed by atoms with Crippen LogP contribution in [0, 0.1) is 12.7 Å². The van der Waals surface area contributed by atoms with E-state index >= 15 is 0 Å². The van der Waals surface area contributed by atoms with Crippen molar-refractivity contribution in [2.75, 3.05) is 20.3 Å². The summed E-state index contributed by atoms with van der Waals surface area (Å²) in [6.07, 6.45) is 1.86. The lowest BCUT2D eigenvalue weighted by Crippen LogP contribution is -2.10. The fourth-order valence-corrected chi connectivity index (χ4v) is 4.44. The van der Waals surface area contributed by atoms with Gasteiger partial charge in [-0.25, -0.2) is 9.18 Å². The molecule has 0 saturated heterocycles. The second kappa shape index (κ2) is 11.0. The van der Waals surface area contributed by atoms with Crippen LogP contribution in [0.2, 0.25) is 0 Å². The molecule has 0 aliphatic heterocycles. The SMILES string of the molecule is COC(=O)c1cc2cnn(C)c2cc1Oc1ccc(OCCCOS(=O)(=O)c2ccc(C)cc2)cc1F. The summed E-state index contributed by atoms with van der Waals surface area (Å²) in [5, 5.41) is 4.85. The molecule has 0 aliphatic carbocycles. The monoisotopic (exact) mass is 528 g/mol. The number of hydrogen-bond acceptors (Lipinski definition) is 8. The molecule has 1 heterocycles. The Morgan fingerprint density at radius 1 is 1.03 bits per heavy atom. The first kappa shape index (κ1) is 26.1. The van der Waals surface area contributed by atoms with Gasteiger partial charge in [0.05, 0.1) is 36.9 Å². The summed E-state index contributed by atoms with van der Waals surface area (Å²) in [4.78, 5) is 12.3. The molecule has 0 atom stereocenters. The predicted molar refractivity (Wildman–Crippen MR) is 133 cm³/mol. The Balaban J connectivity index is 1.37. The third-order valence-electron chi connectivity index (χ3n) is 5.48. The first-order valence-corrected chi connectivity index (χ1v) is 12.7. The van der Waals surface area contributed by atoms with Crippen LogP contribution in [-0.4, -0.2) is 44.5 Å². The van der Waals surface area contributed by atoms with Gasteiger partial charge in [0.15, 0.2) is 11.6 Å². The molecule has 3 aromatic carbocycles. The van der Waals surface area contributed by atoms with Crippen LogP contribution in [0.15, 0.2) is 65.7 Å². The summed E-state index contributed by atoms with van der Waals surface area (Å²) >= 11 is 0. The maximum atomic E-state index is 14.8. The molecule has 1 aromatic heterocycles. The number of halogens is 1. The Hall–Kier alpha value is -3.96. The van der Waals surface area contributed by atoms with E-state index in [0.29, 0.717) is 10.9 Å². The van der Waals surface area contributed by atoms with Gasteiger partial charge in [0.1, 0.15) is 17.1 Å². The quantitative estimate of drug-likeness (QED) is 0.165. The molecule has 0 radical (unpaired) electrons.